The summed E-state index contributed by atoms with van der Waals surface area (Å²) in [6, 6.07) is 9.75. The quantitative estimate of drug-likeness (QED) is 0.808. The molecule has 2 aromatic carbocycles. The van der Waals surface area contributed by atoms with Gasteiger partial charge in [-0.25, -0.2) is 0 Å². The predicted octanol–water partition coefficient (Wildman–Crippen LogP) is 2.93. The Hall–Kier alpha value is -1.56. The minimum absolute atomic E-state index is 0.0725. The Morgan fingerprint density at radius 2 is 1.68 bits per heavy atom. The van der Waals surface area contributed by atoms with Crippen molar-refractivity contribution in [2.75, 3.05) is 0 Å². The van der Waals surface area contributed by atoms with Crippen LogP contribution in [0.15, 0.2) is 40.9 Å². The number of aliphatic hydroxyl groups is 2. The topological polar surface area (TPSA) is 69.9 Å². The minimum atomic E-state index is -0.229. The zero-order valence-corrected chi connectivity index (χ0v) is 11.6. The van der Waals surface area contributed by atoms with E-state index >= 15 is 0 Å². The number of aromatic hydroxyl groups is 1. The average Bonchev–Trinajstić information content (AvgIpc) is 2.42. The third kappa shape index (κ3) is 3.26. The third-order valence-electron chi connectivity index (χ3n) is 2.63. The van der Waals surface area contributed by atoms with E-state index in [1.54, 1.807) is 24.3 Å². The molecule has 0 unspecified atom stereocenters. The lowest BCUT2D eigenvalue weighted by atomic mass is 10.2. The van der Waals surface area contributed by atoms with Gasteiger partial charge >= 0.3 is 0 Å². The van der Waals surface area contributed by atoms with Crippen LogP contribution < -0.4 is 4.74 Å². The summed E-state index contributed by atoms with van der Waals surface area (Å²) in [5.41, 5.74) is 1.20. The lowest BCUT2D eigenvalue weighted by Gasteiger charge is -2.11. The Bertz CT molecular complexity index is 584. The van der Waals surface area contributed by atoms with E-state index in [1.807, 2.05) is 0 Å². The first-order chi connectivity index (χ1) is 9.13. The fraction of sp³-hybridized carbons (Fsp3) is 0.143. The Labute approximate surface area is 119 Å². The van der Waals surface area contributed by atoms with E-state index in [1.165, 1.54) is 12.1 Å². The number of ether oxygens (including phenoxy) is 1. The molecule has 100 valence electrons. The van der Waals surface area contributed by atoms with Crippen molar-refractivity contribution in [1.29, 1.82) is 0 Å². The van der Waals surface area contributed by atoms with Gasteiger partial charge in [0.25, 0.3) is 0 Å². The predicted molar refractivity (Wildman–Crippen MR) is 74.2 cm³/mol. The summed E-state index contributed by atoms with van der Waals surface area (Å²) in [4.78, 5) is 0. The molecule has 0 radical (unpaired) electrons. The van der Waals surface area contributed by atoms with Crippen molar-refractivity contribution >= 4 is 15.9 Å². The van der Waals surface area contributed by atoms with Gasteiger partial charge in [-0.1, -0.05) is 15.9 Å². The van der Waals surface area contributed by atoms with Gasteiger partial charge in [0.1, 0.15) is 17.2 Å². The molecule has 0 saturated heterocycles. The smallest absolute Gasteiger partial charge is 0.133 e. The number of aliphatic hydroxyl groups excluding tert-OH is 2. The van der Waals surface area contributed by atoms with Crippen LogP contribution in [0.2, 0.25) is 0 Å². The Balaban J connectivity index is 2.30. The van der Waals surface area contributed by atoms with E-state index in [4.69, 9.17) is 4.74 Å². The monoisotopic (exact) mass is 324 g/mol. The molecule has 19 heavy (non-hydrogen) atoms. The number of hydrogen-bond donors (Lipinski definition) is 3. The molecule has 0 fully saturated rings. The molecule has 0 spiro atoms. The number of phenolic OH excluding ortho intramolecular Hbond substituents is 1. The number of benzene rings is 2. The molecule has 0 aromatic heterocycles. The Morgan fingerprint density at radius 1 is 0.947 bits per heavy atom. The summed E-state index contributed by atoms with van der Waals surface area (Å²) in [6.07, 6.45) is 0. The summed E-state index contributed by atoms with van der Waals surface area (Å²) in [5, 5.41) is 27.8. The molecule has 0 aliphatic heterocycles. The molecule has 0 aliphatic carbocycles. The summed E-state index contributed by atoms with van der Waals surface area (Å²) in [5.74, 6) is 1.09. The largest absolute Gasteiger partial charge is 0.508 e. The van der Waals surface area contributed by atoms with Crippen LogP contribution in [0, 0.1) is 0 Å². The van der Waals surface area contributed by atoms with Crippen LogP contribution in [-0.4, -0.2) is 15.3 Å². The lowest BCUT2D eigenvalue weighted by Crippen LogP contribution is -1.93. The number of hydrogen-bond acceptors (Lipinski definition) is 4. The Morgan fingerprint density at radius 3 is 2.37 bits per heavy atom. The molecule has 5 heteroatoms. The van der Waals surface area contributed by atoms with E-state index in [2.05, 4.69) is 15.9 Å². The SMILES string of the molecule is OCc1cc(Oc2ccc(O)cc2CO)ccc1Br. The van der Waals surface area contributed by atoms with Crippen molar-refractivity contribution < 1.29 is 20.1 Å². The first-order valence-corrected chi connectivity index (χ1v) is 6.43. The van der Waals surface area contributed by atoms with Gasteiger partial charge in [-0.05, 0) is 42.0 Å². The highest BCUT2D eigenvalue weighted by Crippen LogP contribution is 2.30. The highest BCUT2D eigenvalue weighted by Gasteiger charge is 2.07. The van der Waals surface area contributed by atoms with Crippen molar-refractivity contribution in [3.8, 4) is 17.2 Å². The average molecular weight is 325 g/mol. The van der Waals surface area contributed by atoms with E-state index in [-0.39, 0.29) is 19.0 Å². The van der Waals surface area contributed by atoms with Crippen LogP contribution in [0.4, 0.5) is 0 Å². The van der Waals surface area contributed by atoms with Crippen molar-refractivity contribution in [3.05, 3.63) is 52.0 Å². The second kappa shape index (κ2) is 6.06. The lowest BCUT2D eigenvalue weighted by molar-refractivity contribution is 0.275. The summed E-state index contributed by atoms with van der Waals surface area (Å²) in [7, 11) is 0. The van der Waals surface area contributed by atoms with Gasteiger partial charge in [-0.2, -0.15) is 0 Å². The van der Waals surface area contributed by atoms with E-state index in [0.717, 1.165) is 4.47 Å². The molecular formula is C14H13BrO4. The van der Waals surface area contributed by atoms with Gasteiger partial charge in [-0.15, -0.1) is 0 Å². The second-order valence-electron chi connectivity index (χ2n) is 3.96. The number of rotatable bonds is 4. The highest BCUT2D eigenvalue weighted by atomic mass is 79.9. The van der Waals surface area contributed by atoms with Gasteiger partial charge in [0.15, 0.2) is 0 Å². The van der Waals surface area contributed by atoms with Crippen molar-refractivity contribution in [3.63, 3.8) is 0 Å². The highest BCUT2D eigenvalue weighted by molar-refractivity contribution is 9.10. The normalized spacial score (nSPS) is 10.5. The fourth-order valence-electron chi connectivity index (χ4n) is 1.65. The van der Waals surface area contributed by atoms with Crippen molar-refractivity contribution in [2.24, 2.45) is 0 Å². The first kappa shape index (κ1) is 13.9. The van der Waals surface area contributed by atoms with Crippen LogP contribution in [0.25, 0.3) is 0 Å². The van der Waals surface area contributed by atoms with Gasteiger partial charge in [0.2, 0.25) is 0 Å². The third-order valence-corrected chi connectivity index (χ3v) is 3.40. The molecule has 0 atom stereocenters. The molecular weight excluding hydrogens is 312 g/mol. The summed E-state index contributed by atoms with van der Waals surface area (Å²) < 4.78 is 6.45. The van der Waals surface area contributed by atoms with Crippen LogP contribution >= 0.6 is 15.9 Å². The fourth-order valence-corrected chi connectivity index (χ4v) is 2.02. The van der Waals surface area contributed by atoms with Crippen LogP contribution in [0.1, 0.15) is 11.1 Å². The minimum Gasteiger partial charge on any atom is -0.508 e. The van der Waals surface area contributed by atoms with Gasteiger partial charge < -0.3 is 20.1 Å². The molecule has 2 aromatic rings. The zero-order chi connectivity index (χ0) is 13.8. The molecule has 0 heterocycles. The van der Waals surface area contributed by atoms with Crippen molar-refractivity contribution in [1.82, 2.24) is 0 Å². The van der Waals surface area contributed by atoms with Gasteiger partial charge in [0.05, 0.1) is 13.2 Å². The second-order valence-corrected chi connectivity index (χ2v) is 4.82. The molecule has 0 amide bonds. The van der Waals surface area contributed by atoms with Crippen LogP contribution in [0.5, 0.6) is 17.2 Å². The van der Waals surface area contributed by atoms with Gasteiger partial charge in [0, 0.05) is 10.0 Å². The van der Waals surface area contributed by atoms with E-state index in [0.29, 0.717) is 22.6 Å². The molecule has 0 aliphatic rings. The van der Waals surface area contributed by atoms with Crippen LogP contribution in [0.3, 0.4) is 0 Å². The standard InChI is InChI=1S/C14H13BrO4/c15-13-3-2-12(6-9(13)7-16)19-14-4-1-11(18)5-10(14)8-17/h1-6,16-18H,7-8H2. The maximum atomic E-state index is 9.35. The van der Waals surface area contributed by atoms with Crippen LogP contribution in [-0.2, 0) is 13.2 Å². The number of halogens is 1. The summed E-state index contributed by atoms with van der Waals surface area (Å²) >= 11 is 3.33. The van der Waals surface area contributed by atoms with E-state index in [9.17, 15) is 15.3 Å². The maximum Gasteiger partial charge on any atom is 0.133 e. The molecule has 4 nitrogen and oxygen atoms in total. The molecule has 0 bridgehead atoms. The first-order valence-electron chi connectivity index (χ1n) is 5.64. The van der Waals surface area contributed by atoms with Crippen molar-refractivity contribution in [2.45, 2.75) is 13.2 Å². The molecule has 2 rings (SSSR count). The maximum absolute atomic E-state index is 9.35. The Kier molecular flexibility index (Phi) is 4.42. The van der Waals surface area contributed by atoms with E-state index < -0.39 is 0 Å². The molecule has 0 saturated carbocycles. The number of phenols is 1. The van der Waals surface area contributed by atoms with Gasteiger partial charge in [-0.3, -0.25) is 0 Å². The summed E-state index contributed by atoms with van der Waals surface area (Å²) in [6.45, 7) is -0.326. The zero-order valence-electron chi connectivity index (χ0n) is 10.0. The molecule has 3 N–H and O–H groups in total.